The summed E-state index contributed by atoms with van der Waals surface area (Å²) in [5, 5.41) is 0. The van der Waals surface area contributed by atoms with E-state index in [1.165, 1.54) is 24.3 Å². The van der Waals surface area contributed by atoms with Crippen LogP contribution < -0.4 is 5.56 Å². The number of aromatic amines is 1. The van der Waals surface area contributed by atoms with Crippen LogP contribution in [0.15, 0.2) is 71.5 Å². The molecule has 1 aliphatic rings. The Morgan fingerprint density at radius 3 is 1.97 bits per heavy atom. The molecule has 0 unspecified atom stereocenters. The minimum atomic E-state index is -0.439. The summed E-state index contributed by atoms with van der Waals surface area (Å²) in [5.41, 5.74) is 1.55. The first-order valence-corrected chi connectivity index (χ1v) is 9.66. The second kappa shape index (κ2) is 8.32. The molecule has 0 aliphatic carbocycles. The lowest BCUT2D eigenvalue weighted by Crippen LogP contribution is -2.51. The van der Waals surface area contributed by atoms with E-state index in [2.05, 4.69) is 4.98 Å². The number of benzene rings is 2. The maximum atomic E-state index is 13.1. The zero-order valence-electron chi connectivity index (χ0n) is 16.2. The normalized spacial score (nSPS) is 13.9. The first-order chi connectivity index (χ1) is 14.5. The van der Waals surface area contributed by atoms with Gasteiger partial charge in [-0.2, -0.15) is 0 Å². The molecule has 1 aliphatic heterocycles. The fourth-order valence-electron chi connectivity index (χ4n) is 3.49. The van der Waals surface area contributed by atoms with E-state index in [1.807, 2.05) is 30.3 Å². The molecule has 3 aromatic rings. The highest BCUT2D eigenvalue weighted by molar-refractivity contribution is 5.96. The summed E-state index contributed by atoms with van der Waals surface area (Å²) < 4.78 is 13.1. The van der Waals surface area contributed by atoms with Gasteiger partial charge in [0.05, 0.1) is 0 Å². The van der Waals surface area contributed by atoms with Crippen LogP contribution in [0, 0.1) is 5.82 Å². The van der Waals surface area contributed by atoms with Gasteiger partial charge < -0.3 is 14.8 Å². The molecule has 0 spiro atoms. The largest absolute Gasteiger partial charge is 0.335 e. The molecule has 0 atom stereocenters. The third kappa shape index (κ3) is 4.00. The van der Waals surface area contributed by atoms with Crippen molar-refractivity contribution >= 4 is 11.8 Å². The quantitative estimate of drug-likeness (QED) is 0.728. The van der Waals surface area contributed by atoms with Crippen LogP contribution in [-0.2, 0) is 0 Å². The van der Waals surface area contributed by atoms with Gasteiger partial charge in [0.1, 0.15) is 11.4 Å². The van der Waals surface area contributed by atoms with E-state index >= 15 is 0 Å². The van der Waals surface area contributed by atoms with Crippen LogP contribution in [0.3, 0.4) is 0 Å². The topological polar surface area (TPSA) is 73.5 Å². The van der Waals surface area contributed by atoms with Crippen molar-refractivity contribution in [1.29, 1.82) is 0 Å². The molecule has 6 nitrogen and oxygen atoms in total. The summed E-state index contributed by atoms with van der Waals surface area (Å²) in [6.45, 7) is 1.35. The highest BCUT2D eigenvalue weighted by Crippen LogP contribution is 2.16. The number of rotatable bonds is 3. The monoisotopic (exact) mass is 405 g/mol. The number of nitrogens with one attached hydrogen (secondary N) is 1. The Balaban J connectivity index is 1.42. The van der Waals surface area contributed by atoms with Gasteiger partial charge in [-0.15, -0.1) is 0 Å². The predicted octanol–water partition coefficient (Wildman–Crippen LogP) is 2.78. The summed E-state index contributed by atoms with van der Waals surface area (Å²) in [5.74, 6) is -0.956. The number of hydrogen-bond acceptors (Lipinski definition) is 3. The lowest BCUT2D eigenvalue weighted by Gasteiger charge is -2.34. The van der Waals surface area contributed by atoms with Crippen LogP contribution in [0.25, 0.3) is 11.3 Å². The standard InChI is InChI=1S/C23H20FN3O3/c24-18-8-6-17(7-9-18)22(29)26-12-14-27(15-13-26)23(30)19-10-11-20(25-21(19)28)16-4-2-1-3-5-16/h1-11H,12-15H2,(H,25,28). The smallest absolute Gasteiger partial charge is 0.261 e. The molecular weight excluding hydrogens is 385 g/mol. The molecule has 0 radical (unpaired) electrons. The Morgan fingerprint density at radius 2 is 1.37 bits per heavy atom. The van der Waals surface area contributed by atoms with E-state index in [0.29, 0.717) is 37.4 Å². The Kier molecular flexibility index (Phi) is 5.43. The second-order valence-electron chi connectivity index (χ2n) is 7.07. The van der Waals surface area contributed by atoms with Crippen molar-refractivity contribution in [3.05, 3.63) is 94.0 Å². The van der Waals surface area contributed by atoms with Crippen molar-refractivity contribution in [3.8, 4) is 11.3 Å². The first-order valence-electron chi connectivity index (χ1n) is 9.66. The zero-order chi connectivity index (χ0) is 21.1. The summed E-state index contributed by atoms with van der Waals surface area (Å²) in [6, 6.07) is 18.0. The Labute approximate surface area is 172 Å². The van der Waals surface area contributed by atoms with Gasteiger partial charge in [-0.25, -0.2) is 4.39 Å². The average molecular weight is 405 g/mol. The number of H-pyrrole nitrogens is 1. The lowest BCUT2D eigenvalue weighted by atomic mass is 10.1. The maximum Gasteiger partial charge on any atom is 0.261 e. The molecule has 1 aromatic heterocycles. The molecule has 7 heteroatoms. The third-order valence-corrected chi connectivity index (χ3v) is 5.17. The molecule has 0 saturated carbocycles. The fourth-order valence-corrected chi connectivity index (χ4v) is 3.49. The number of carbonyl (C=O) groups excluding carboxylic acids is 2. The van der Waals surface area contributed by atoms with Crippen molar-refractivity contribution in [2.24, 2.45) is 0 Å². The lowest BCUT2D eigenvalue weighted by molar-refractivity contribution is 0.0534. The Hall–Kier alpha value is -3.74. The molecule has 2 heterocycles. The second-order valence-corrected chi connectivity index (χ2v) is 7.07. The summed E-state index contributed by atoms with van der Waals surface area (Å²) in [6.07, 6.45) is 0. The molecule has 2 aromatic carbocycles. The van der Waals surface area contributed by atoms with E-state index in [4.69, 9.17) is 0 Å². The minimum absolute atomic E-state index is 0.0768. The molecule has 1 N–H and O–H groups in total. The summed E-state index contributed by atoms with van der Waals surface area (Å²) >= 11 is 0. The number of carbonyl (C=O) groups is 2. The number of pyridine rings is 1. The van der Waals surface area contributed by atoms with E-state index < -0.39 is 11.4 Å². The Morgan fingerprint density at radius 1 is 0.767 bits per heavy atom. The highest BCUT2D eigenvalue weighted by atomic mass is 19.1. The van der Waals surface area contributed by atoms with Crippen LogP contribution in [0.5, 0.6) is 0 Å². The van der Waals surface area contributed by atoms with Crippen LogP contribution >= 0.6 is 0 Å². The van der Waals surface area contributed by atoms with Gasteiger partial charge in [0.2, 0.25) is 0 Å². The van der Waals surface area contributed by atoms with Crippen molar-refractivity contribution in [3.63, 3.8) is 0 Å². The average Bonchev–Trinajstić information content (AvgIpc) is 2.79. The number of amides is 2. The summed E-state index contributed by atoms with van der Waals surface area (Å²) in [4.78, 5) is 43.8. The molecule has 4 rings (SSSR count). The minimum Gasteiger partial charge on any atom is -0.335 e. The van der Waals surface area contributed by atoms with Crippen molar-refractivity contribution < 1.29 is 14.0 Å². The molecule has 30 heavy (non-hydrogen) atoms. The van der Waals surface area contributed by atoms with Gasteiger partial charge in [-0.1, -0.05) is 30.3 Å². The van der Waals surface area contributed by atoms with Crippen LogP contribution in [0.1, 0.15) is 20.7 Å². The van der Waals surface area contributed by atoms with Gasteiger partial charge in [0.15, 0.2) is 0 Å². The van der Waals surface area contributed by atoms with Gasteiger partial charge in [0.25, 0.3) is 17.4 Å². The van der Waals surface area contributed by atoms with Gasteiger partial charge in [0, 0.05) is 37.4 Å². The number of halogens is 1. The van der Waals surface area contributed by atoms with E-state index in [1.54, 1.807) is 21.9 Å². The molecule has 1 saturated heterocycles. The first kappa shape index (κ1) is 19.6. The van der Waals surface area contributed by atoms with Crippen LogP contribution in [0.2, 0.25) is 0 Å². The predicted molar refractivity (Wildman–Crippen MR) is 111 cm³/mol. The van der Waals surface area contributed by atoms with Crippen molar-refractivity contribution in [1.82, 2.24) is 14.8 Å². The molecule has 0 bridgehead atoms. The zero-order valence-corrected chi connectivity index (χ0v) is 16.2. The SMILES string of the molecule is O=C(c1ccc(F)cc1)N1CCN(C(=O)c2ccc(-c3ccccc3)[nH]c2=O)CC1. The van der Waals surface area contributed by atoms with Crippen LogP contribution in [0.4, 0.5) is 4.39 Å². The molecular formula is C23H20FN3O3. The van der Waals surface area contributed by atoms with Gasteiger partial charge >= 0.3 is 0 Å². The molecule has 152 valence electrons. The highest BCUT2D eigenvalue weighted by Gasteiger charge is 2.26. The van der Waals surface area contributed by atoms with E-state index in [0.717, 1.165) is 5.56 Å². The molecule has 2 amide bonds. The number of piperazine rings is 1. The van der Waals surface area contributed by atoms with Crippen LogP contribution in [-0.4, -0.2) is 52.8 Å². The number of aromatic nitrogens is 1. The van der Waals surface area contributed by atoms with Gasteiger partial charge in [-0.05, 0) is 42.0 Å². The van der Waals surface area contributed by atoms with E-state index in [-0.39, 0.29) is 17.4 Å². The maximum absolute atomic E-state index is 13.1. The van der Waals surface area contributed by atoms with Gasteiger partial charge in [-0.3, -0.25) is 14.4 Å². The van der Waals surface area contributed by atoms with E-state index in [9.17, 15) is 18.8 Å². The van der Waals surface area contributed by atoms with Crippen molar-refractivity contribution in [2.75, 3.05) is 26.2 Å². The molecule has 1 fully saturated rings. The van der Waals surface area contributed by atoms with Crippen molar-refractivity contribution in [2.45, 2.75) is 0 Å². The fraction of sp³-hybridized carbons (Fsp3) is 0.174. The Bertz CT molecular complexity index is 1120. The third-order valence-electron chi connectivity index (χ3n) is 5.17. The number of hydrogen-bond donors (Lipinski definition) is 1. The number of nitrogens with zero attached hydrogens (tertiary/aromatic N) is 2. The summed E-state index contributed by atoms with van der Waals surface area (Å²) in [7, 11) is 0.